The number of aromatic nitrogens is 2. The largest absolute Gasteiger partial charge is 0.469 e. The predicted octanol–water partition coefficient (Wildman–Crippen LogP) is 1.63. The number of nitro groups is 1. The molecule has 104 valence electrons. The van der Waals surface area contributed by atoms with Crippen LogP contribution in [0.15, 0.2) is 6.33 Å². The van der Waals surface area contributed by atoms with Crippen LogP contribution in [0, 0.1) is 16.0 Å². The molecule has 2 rings (SSSR count). The summed E-state index contributed by atoms with van der Waals surface area (Å²) in [5.74, 6) is 5.71. The summed E-state index contributed by atoms with van der Waals surface area (Å²) in [5.41, 5.74) is 1.87. The van der Waals surface area contributed by atoms with Gasteiger partial charge in [0, 0.05) is 0 Å². The van der Waals surface area contributed by atoms with E-state index in [4.69, 9.17) is 10.6 Å². The Labute approximate surface area is 110 Å². The highest BCUT2D eigenvalue weighted by molar-refractivity contribution is 5.60. The van der Waals surface area contributed by atoms with Crippen LogP contribution in [-0.2, 0) is 0 Å². The number of hydrogen-bond acceptors (Lipinski definition) is 7. The van der Waals surface area contributed by atoms with Gasteiger partial charge in [-0.1, -0.05) is 13.3 Å². The molecule has 8 nitrogen and oxygen atoms in total. The summed E-state index contributed by atoms with van der Waals surface area (Å²) >= 11 is 0. The predicted molar refractivity (Wildman–Crippen MR) is 68.5 cm³/mol. The summed E-state index contributed by atoms with van der Waals surface area (Å²) in [5, 5.41) is 11.1. The molecule has 1 aliphatic carbocycles. The minimum absolute atomic E-state index is 0.0212. The molecule has 2 atom stereocenters. The highest BCUT2D eigenvalue weighted by Gasteiger charge is 2.28. The van der Waals surface area contributed by atoms with Gasteiger partial charge in [-0.05, 0) is 25.2 Å². The van der Waals surface area contributed by atoms with E-state index in [9.17, 15) is 10.1 Å². The van der Waals surface area contributed by atoms with Crippen molar-refractivity contribution >= 4 is 11.5 Å². The van der Waals surface area contributed by atoms with Crippen LogP contribution >= 0.6 is 0 Å². The molecule has 0 saturated heterocycles. The second-order valence-corrected chi connectivity index (χ2v) is 4.79. The van der Waals surface area contributed by atoms with Gasteiger partial charge in [0.15, 0.2) is 0 Å². The summed E-state index contributed by atoms with van der Waals surface area (Å²) < 4.78 is 5.67. The lowest BCUT2D eigenvalue weighted by molar-refractivity contribution is -0.385. The van der Waals surface area contributed by atoms with Gasteiger partial charge in [-0.3, -0.25) is 10.1 Å². The molecule has 8 heteroatoms. The van der Waals surface area contributed by atoms with E-state index in [1.165, 1.54) is 12.7 Å². The highest BCUT2D eigenvalue weighted by Crippen LogP contribution is 2.33. The molecule has 0 aromatic carbocycles. The molecule has 1 aromatic heterocycles. The standard InChI is InChI=1S/C11H17N5O3/c1-7-3-2-4-8(5-7)19-11-9(16(17)18)10(15-12)13-6-14-11/h6-8H,2-5,12H2,1H3,(H,13,14,15). The average Bonchev–Trinajstić information content (AvgIpc) is 2.38. The maximum Gasteiger partial charge on any atom is 0.374 e. The third kappa shape index (κ3) is 3.08. The smallest absolute Gasteiger partial charge is 0.374 e. The molecular formula is C11H17N5O3. The van der Waals surface area contributed by atoms with E-state index in [0.717, 1.165) is 19.3 Å². The zero-order valence-electron chi connectivity index (χ0n) is 10.7. The molecule has 0 amide bonds. The van der Waals surface area contributed by atoms with Gasteiger partial charge in [0.1, 0.15) is 12.4 Å². The van der Waals surface area contributed by atoms with Crippen LogP contribution in [0.2, 0.25) is 0 Å². The molecular weight excluding hydrogens is 250 g/mol. The van der Waals surface area contributed by atoms with Crippen LogP contribution in [0.1, 0.15) is 32.6 Å². The molecule has 1 aliphatic rings. The maximum atomic E-state index is 11.1. The molecule has 2 unspecified atom stereocenters. The molecule has 1 heterocycles. The molecule has 0 radical (unpaired) electrons. The van der Waals surface area contributed by atoms with Gasteiger partial charge >= 0.3 is 5.69 Å². The molecule has 3 N–H and O–H groups in total. The van der Waals surface area contributed by atoms with Gasteiger partial charge in [-0.2, -0.15) is 4.98 Å². The Kier molecular flexibility index (Phi) is 4.10. The number of nitrogens with one attached hydrogen (secondary N) is 1. The van der Waals surface area contributed by atoms with Gasteiger partial charge in [-0.15, -0.1) is 0 Å². The Bertz CT molecular complexity index is 468. The normalized spacial score (nSPS) is 22.8. The average molecular weight is 267 g/mol. The molecule has 1 saturated carbocycles. The fraction of sp³-hybridized carbons (Fsp3) is 0.636. The molecule has 0 bridgehead atoms. The van der Waals surface area contributed by atoms with Crippen molar-refractivity contribution in [1.82, 2.24) is 9.97 Å². The fourth-order valence-corrected chi connectivity index (χ4v) is 2.36. The van der Waals surface area contributed by atoms with Crippen molar-refractivity contribution in [2.75, 3.05) is 5.43 Å². The summed E-state index contributed by atoms with van der Waals surface area (Å²) in [4.78, 5) is 18.0. The lowest BCUT2D eigenvalue weighted by Crippen LogP contribution is -2.25. The fourth-order valence-electron chi connectivity index (χ4n) is 2.36. The summed E-state index contributed by atoms with van der Waals surface area (Å²) in [7, 11) is 0. The number of anilines is 1. The number of nitrogens with zero attached hydrogens (tertiary/aromatic N) is 3. The molecule has 0 spiro atoms. The molecule has 1 aromatic rings. The number of hydrazine groups is 1. The van der Waals surface area contributed by atoms with Crippen molar-refractivity contribution < 1.29 is 9.66 Å². The Hall–Kier alpha value is -1.96. The first-order chi connectivity index (χ1) is 9.11. The van der Waals surface area contributed by atoms with E-state index in [1.807, 2.05) is 0 Å². The van der Waals surface area contributed by atoms with Crippen LogP contribution in [0.5, 0.6) is 5.88 Å². The van der Waals surface area contributed by atoms with Gasteiger partial charge in [-0.25, -0.2) is 10.8 Å². The number of nitrogen functional groups attached to an aromatic ring is 1. The highest BCUT2D eigenvalue weighted by atomic mass is 16.6. The van der Waals surface area contributed by atoms with E-state index in [0.29, 0.717) is 5.92 Å². The van der Waals surface area contributed by atoms with E-state index in [1.54, 1.807) is 0 Å². The van der Waals surface area contributed by atoms with Gasteiger partial charge in [0.25, 0.3) is 5.88 Å². The second kappa shape index (κ2) is 5.79. The summed E-state index contributed by atoms with van der Waals surface area (Å²) in [6.07, 6.45) is 5.16. The number of hydrogen-bond donors (Lipinski definition) is 2. The Morgan fingerprint density at radius 2 is 2.32 bits per heavy atom. The monoisotopic (exact) mass is 267 g/mol. The third-order valence-electron chi connectivity index (χ3n) is 3.27. The van der Waals surface area contributed by atoms with Crippen molar-refractivity contribution in [3.63, 3.8) is 0 Å². The van der Waals surface area contributed by atoms with Crippen molar-refractivity contribution in [2.45, 2.75) is 38.7 Å². The van der Waals surface area contributed by atoms with E-state index >= 15 is 0 Å². The van der Waals surface area contributed by atoms with Crippen molar-refractivity contribution in [3.8, 4) is 5.88 Å². The topological polar surface area (TPSA) is 116 Å². The summed E-state index contributed by atoms with van der Waals surface area (Å²) in [6.45, 7) is 2.15. The Morgan fingerprint density at radius 1 is 1.53 bits per heavy atom. The van der Waals surface area contributed by atoms with Crippen LogP contribution in [-0.4, -0.2) is 21.0 Å². The van der Waals surface area contributed by atoms with E-state index < -0.39 is 4.92 Å². The molecule has 0 aliphatic heterocycles. The zero-order chi connectivity index (χ0) is 13.8. The third-order valence-corrected chi connectivity index (χ3v) is 3.27. The van der Waals surface area contributed by atoms with Crippen LogP contribution in [0.3, 0.4) is 0 Å². The minimum Gasteiger partial charge on any atom is -0.469 e. The van der Waals surface area contributed by atoms with Gasteiger partial charge in [0.2, 0.25) is 5.82 Å². The number of rotatable bonds is 4. The second-order valence-electron chi connectivity index (χ2n) is 4.79. The lowest BCUT2D eigenvalue weighted by Gasteiger charge is -2.26. The first-order valence-electron chi connectivity index (χ1n) is 6.24. The van der Waals surface area contributed by atoms with Crippen LogP contribution in [0.25, 0.3) is 0 Å². The first kappa shape index (κ1) is 13.5. The van der Waals surface area contributed by atoms with E-state index in [2.05, 4.69) is 22.3 Å². The SMILES string of the molecule is CC1CCCC(Oc2ncnc(NN)c2[N+](=O)[O-])C1. The Balaban J connectivity index is 2.21. The quantitative estimate of drug-likeness (QED) is 0.483. The molecule has 1 fully saturated rings. The van der Waals surface area contributed by atoms with Crippen molar-refractivity contribution in [3.05, 3.63) is 16.4 Å². The Morgan fingerprint density at radius 3 is 2.95 bits per heavy atom. The van der Waals surface area contributed by atoms with Gasteiger partial charge in [0.05, 0.1) is 4.92 Å². The number of nitrogens with two attached hydrogens (primary N) is 1. The zero-order valence-corrected chi connectivity index (χ0v) is 10.7. The van der Waals surface area contributed by atoms with Crippen molar-refractivity contribution in [1.29, 1.82) is 0 Å². The van der Waals surface area contributed by atoms with Crippen LogP contribution in [0.4, 0.5) is 11.5 Å². The van der Waals surface area contributed by atoms with Crippen LogP contribution < -0.4 is 16.0 Å². The maximum absolute atomic E-state index is 11.1. The first-order valence-corrected chi connectivity index (χ1v) is 6.24. The van der Waals surface area contributed by atoms with Gasteiger partial charge < -0.3 is 10.2 Å². The lowest BCUT2D eigenvalue weighted by atomic mass is 9.89. The minimum atomic E-state index is -0.587. The number of ether oxygens (including phenoxy) is 1. The van der Waals surface area contributed by atoms with Crippen molar-refractivity contribution in [2.24, 2.45) is 11.8 Å². The summed E-state index contributed by atoms with van der Waals surface area (Å²) in [6, 6.07) is 0. The van der Waals surface area contributed by atoms with E-state index in [-0.39, 0.29) is 23.5 Å². The molecule has 19 heavy (non-hydrogen) atoms.